The molecule has 1 unspecified atom stereocenters. The average molecular weight is 380 g/mol. The molecule has 1 rings (SSSR count). The van der Waals surface area contributed by atoms with E-state index in [-0.39, 0.29) is 3.79 Å². The molecule has 1 atom stereocenters. The summed E-state index contributed by atoms with van der Waals surface area (Å²) in [6.45, 7) is 0. The zero-order valence-corrected chi connectivity index (χ0v) is 11.6. The largest absolute Gasteiger partial charge is 0.496 e. The van der Waals surface area contributed by atoms with Gasteiger partial charge in [-0.3, -0.25) is 4.79 Å². The molecule has 3 nitrogen and oxygen atoms in total. The molecule has 5 heteroatoms. The van der Waals surface area contributed by atoms with Gasteiger partial charge in [-0.15, -0.1) is 0 Å². The van der Waals surface area contributed by atoms with Gasteiger partial charge in [-0.05, 0) is 33.6 Å². The first-order chi connectivity index (χ1) is 7.10. The molecule has 0 aliphatic heterocycles. The molecule has 0 amide bonds. The molecular formula is C10H7BrINO2. The van der Waals surface area contributed by atoms with Gasteiger partial charge in [-0.1, -0.05) is 6.07 Å². The number of benzene rings is 1. The number of carbonyl (C=O) groups is 1. The van der Waals surface area contributed by atoms with E-state index in [1.165, 1.54) is 7.11 Å². The second kappa shape index (κ2) is 5.47. The highest BCUT2D eigenvalue weighted by Crippen LogP contribution is 2.29. The van der Waals surface area contributed by atoms with Crippen LogP contribution in [0.15, 0.2) is 22.7 Å². The van der Waals surface area contributed by atoms with Crippen LogP contribution in [0.4, 0.5) is 0 Å². The lowest BCUT2D eigenvalue weighted by Crippen LogP contribution is -2.03. The summed E-state index contributed by atoms with van der Waals surface area (Å²) < 4.78 is 5.69. The summed E-state index contributed by atoms with van der Waals surface area (Å²) in [5.41, 5.74) is 0.650. The van der Waals surface area contributed by atoms with E-state index in [9.17, 15) is 4.79 Å². The number of hydrogen-bond donors (Lipinski definition) is 0. The molecule has 1 aromatic rings. The maximum atomic E-state index is 11.2. The van der Waals surface area contributed by atoms with E-state index in [0.29, 0.717) is 11.3 Å². The van der Waals surface area contributed by atoms with Crippen molar-refractivity contribution in [1.82, 2.24) is 0 Å². The Kier molecular flexibility index (Phi) is 4.54. The van der Waals surface area contributed by atoms with E-state index < -0.39 is 5.92 Å². The monoisotopic (exact) mass is 379 g/mol. The number of nitriles is 1. The molecule has 78 valence electrons. The minimum atomic E-state index is -0.729. The molecule has 0 bridgehead atoms. The molecule has 0 aromatic heterocycles. The van der Waals surface area contributed by atoms with E-state index in [1.54, 1.807) is 40.8 Å². The summed E-state index contributed by atoms with van der Waals surface area (Å²) in [6.07, 6.45) is 0. The Bertz CT molecular complexity index is 428. The summed E-state index contributed by atoms with van der Waals surface area (Å²) >= 11 is 4.93. The van der Waals surface area contributed by atoms with Crippen molar-refractivity contribution in [3.63, 3.8) is 0 Å². The molecule has 0 radical (unpaired) electrons. The van der Waals surface area contributed by atoms with Crippen molar-refractivity contribution in [1.29, 1.82) is 5.26 Å². The van der Waals surface area contributed by atoms with E-state index >= 15 is 0 Å². The van der Waals surface area contributed by atoms with Crippen LogP contribution in [-0.4, -0.2) is 10.9 Å². The Balaban J connectivity index is 3.16. The molecule has 0 saturated heterocycles. The number of carbonyl (C=O) groups excluding carboxylic acids is 1. The van der Waals surface area contributed by atoms with Crippen molar-refractivity contribution in [2.24, 2.45) is 0 Å². The minimum Gasteiger partial charge on any atom is -0.496 e. The van der Waals surface area contributed by atoms with Crippen molar-refractivity contribution >= 4 is 42.3 Å². The second-order valence-electron chi connectivity index (χ2n) is 2.76. The first-order valence-corrected chi connectivity index (χ1v) is 5.89. The molecular weight excluding hydrogens is 373 g/mol. The smallest absolute Gasteiger partial charge is 0.213 e. The summed E-state index contributed by atoms with van der Waals surface area (Å²) in [4.78, 5) is 11.2. The predicted octanol–water partition coefficient (Wildman–Crippen LogP) is 3.03. The molecule has 1 aromatic carbocycles. The highest BCUT2D eigenvalue weighted by Gasteiger charge is 2.18. The van der Waals surface area contributed by atoms with Crippen molar-refractivity contribution in [2.75, 3.05) is 7.11 Å². The standard InChI is InChI=1S/C10H7BrINO2/c1-15-9-4-6(2-3-8(9)11)7(5-13)10(12)14/h2-4,7H,1H3. The maximum Gasteiger partial charge on any atom is 0.213 e. The van der Waals surface area contributed by atoms with Crippen LogP contribution >= 0.6 is 38.5 Å². The van der Waals surface area contributed by atoms with Crippen LogP contribution in [-0.2, 0) is 4.79 Å². The van der Waals surface area contributed by atoms with Crippen LogP contribution < -0.4 is 4.74 Å². The van der Waals surface area contributed by atoms with Crippen LogP contribution in [0.3, 0.4) is 0 Å². The summed E-state index contributed by atoms with van der Waals surface area (Å²) in [5, 5.41) is 8.85. The summed E-state index contributed by atoms with van der Waals surface area (Å²) in [7, 11) is 1.54. The lowest BCUT2D eigenvalue weighted by molar-refractivity contribution is -0.109. The van der Waals surface area contributed by atoms with Crippen molar-refractivity contribution in [3.05, 3.63) is 28.2 Å². The van der Waals surface area contributed by atoms with Gasteiger partial charge in [0.1, 0.15) is 11.7 Å². The fraction of sp³-hybridized carbons (Fsp3) is 0.200. The molecule has 0 fully saturated rings. The fourth-order valence-corrected chi connectivity index (χ4v) is 2.02. The Labute approximate surface area is 110 Å². The summed E-state index contributed by atoms with van der Waals surface area (Å²) in [5.74, 6) is -0.113. The maximum absolute atomic E-state index is 11.2. The van der Waals surface area contributed by atoms with Gasteiger partial charge in [-0.25, -0.2) is 0 Å². The van der Waals surface area contributed by atoms with Gasteiger partial charge < -0.3 is 4.74 Å². The van der Waals surface area contributed by atoms with Crippen LogP contribution in [0, 0.1) is 11.3 Å². The third kappa shape index (κ3) is 2.92. The number of rotatable bonds is 3. The number of hydrogen-bond acceptors (Lipinski definition) is 3. The number of ether oxygens (including phenoxy) is 1. The topological polar surface area (TPSA) is 50.1 Å². The van der Waals surface area contributed by atoms with Crippen molar-refractivity contribution < 1.29 is 9.53 Å². The Morgan fingerprint density at radius 3 is 2.80 bits per heavy atom. The number of methoxy groups -OCH3 is 1. The third-order valence-corrected chi connectivity index (χ3v) is 3.14. The Morgan fingerprint density at radius 1 is 1.67 bits per heavy atom. The number of nitrogens with zero attached hydrogens (tertiary/aromatic N) is 1. The van der Waals surface area contributed by atoms with Gasteiger partial charge in [0.2, 0.25) is 3.79 Å². The van der Waals surface area contributed by atoms with Gasteiger partial charge in [0.25, 0.3) is 0 Å². The first kappa shape index (κ1) is 12.5. The van der Waals surface area contributed by atoms with Gasteiger partial charge in [0.15, 0.2) is 0 Å². The average Bonchev–Trinajstić information content (AvgIpc) is 2.21. The van der Waals surface area contributed by atoms with Crippen LogP contribution in [0.25, 0.3) is 0 Å². The van der Waals surface area contributed by atoms with Crippen LogP contribution in [0.5, 0.6) is 5.75 Å². The zero-order chi connectivity index (χ0) is 11.4. The van der Waals surface area contributed by atoms with E-state index in [2.05, 4.69) is 15.9 Å². The van der Waals surface area contributed by atoms with Crippen molar-refractivity contribution in [2.45, 2.75) is 5.92 Å². The minimum absolute atomic E-state index is 0.195. The Hall–Kier alpha value is -0.610. The van der Waals surface area contributed by atoms with E-state index in [0.717, 1.165) is 4.47 Å². The van der Waals surface area contributed by atoms with Gasteiger partial charge >= 0.3 is 0 Å². The molecule has 0 aliphatic rings. The van der Waals surface area contributed by atoms with Crippen LogP contribution in [0.2, 0.25) is 0 Å². The third-order valence-electron chi connectivity index (χ3n) is 1.86. The fourth-order valence-electron chi connectivity index (χ4n) is 1.11. The van der Waals surface area contributed by atoms with Gasteiger partial charge in [-0.2, -0.15) is 5.26 Å². The highest BCUT2D eigenvalue weighted by molar-refractivity contribution is 14.1. The van der Waals surface area contributed by atoms with Gasteiger partial charge in [0, 0.05) is 22.6 Å². The SMILES string of the molecule is COc1cc(C(C#N)C(=O)I)ccc1Br. The van der Waals surface area contributed by atoms with Gasteiger partial charge in [0.05, 0.1) is 17.7 Å². The van der Waals surface area contributed by atoms with Crippen LogP contribution in [0.1, 0.15) is 11.5 Å². The quantitative estimate of drug-likeness (QED) is 0.599. The second-order valence-corrected chi connectivity index (χ2v) is 4.68. The molecule has 0 spiro atoms. The lowest BCUT2D eigenvalue weighted by Gasteiger charge is -2.08. The first-order valence-electron chi connectivity index (χ1n) is 4.02. The zero-order valence-electron chi connectivity index (χ0n) is 7.83. The molecule has 0 heterocycles. The lowest BCUT2D eigenvalue weighted by atomic mass is 10.0. The van der Waals surface area contributed by atoms with E-state index in [1.807, 2.05) is 6.07 Å². The summed E-state index contributed by atoms with van der Waals surface area (Å²) in [6, 6.07) is 7.14. The molecule has 0 N–H and O–H groups in total. The van der Waals surface area contributed by atoms with Crippen molar-refractivity contribution in [3.8, 4) is 11.8 Å². The highest BCUT2D eigenvalue weighted by atomic mass is 127. The molecule has 15 heavy (non-hydrogen) atoms. The molecule has 0 aliphatic carbocycles. The van der Waals surface area contributed by atoms with E-state index in [4.69, 9.17) is 10.00 Å². The normalized spacial score (nSPS) is 11.6. The number of halogens is 2. The Morgan fingerprint density at radius 2 is 2.33 bits per heavy atom. The molecule has 0 saturated carbocycles. The predicted molar refractivity (Wildman–Crippen MR) is 68.1 cm³/mol.